The van der Waals surface area contributed by atoms with E-state index in [9.17, 15) is 10.1 Å². The van der Waals surface area contributed by atoms with Crippen LogP contribution in [0.2, 0.25) is 0 Å². The Morgan fingerprint density at radius 3 is 2.95 bits per heavy atom. The first-order valence-corrected chi connectivity index (χ1v) is 8.22. The Morgan fingerprint density at radius 1 is 1.38 bits per heavy atom. The van der Waals surface area contributed by atoms with Crippen molar-refractivity contribution >= 4 is 27.3 Å². The number of hydrogen-bond donors (Lipinski definition) is 1. The van der Waals surface area contributed by atoms with Gasteiger partial charge in [-0.1, -0.05) is 0 Å². The molecular weight excluding hydrogens is 336 g/mol. The van der Waals surface area contributed by atoms with Gasteiger partial charge in [-0.15, -0.1) is 0 Å². The zero-order chi connectivity index (χ0) is 14.8. The van der Waals surface area contributed by atoms with Gasteiger partial charge in [-0.25, -0.2) is 0 Å². The molecule has 0 saturated carbocycles. The summed E-state index contributed by atoms with van der Waals surface area (Å²) in [6.45, 7) is 2.84. The van der Waals surface area contributed by atoms with E-state index in [4.69, 9.17) is 0 Å². The Kier molecular flexibility index (Phi) is 4.40. The predicted molar refractivity (Wildman–Crippen MR) is 84.6 cm³/mol. The van der Waals surface area contributed by atoms with Crippen molar-refractivity contribution < 1.29 is 4.92 Å². The molecule has 2 atom stereocenters. The Hall–Kier alpha value is -1.21. The van der Waals surface area contributed by atoms with E-state index in [1.165, 1.54) is 25.5 Å². The maximum Gasteiger partial charge on any atom is 0.311 e. The molecule has 2 saturated heterocycles. The number of nitrogens with one attached hydrogen (secondary N) is 1. The molecule has 2 aliphatic heterocycles. The van der Waals surface area contributed by atoms with Gasteiger partial charge in [0.05, 0.1) is 9.40 Å². The van der Waals surface area contributed by atoms with Crippen molar-refractivity contribution in [3.63, 3.8) is 0 Å². The molecule has 3 rings (SSSR count). The molecule has 1 N–H and O–H groups in total. The van der Waals surface area contributed by atoms with Crippen molar-refractivity contribution in [2.75, 3.05) is 24.5 Å². The third kappa shape index (κ3) is 3.03. The molecule has 0 aliphatic carbocycles. The summed E-state index contributed by atoms with van der Waals surface area (Å²) in [6, 6.07) is 0.562. The van der Waals surface area contributed by atoms with Crippen LogP contribution in [0.1, 0.15) is 25.7 Å². The molecule has 3 heterocycles. The van der Waals surface area contributed by atoms with E-state index in [1.807, 2.05) is 0 Å². The smallest absolute Gasteiger partial charge is 0.311 e. The largest absolute Gasteiger partial charge is 0.365 e. The molecule has 7 heteroatoms. The van der Waals surface area contributed by atoms with Gasteiger partial charge in [0.2, 0.25) is 0 Å². The van der Waals surface area contributed by atoms with Gasteiger partial charge in [-0.2, -0.15) is 0 Å². The van der Waals surface area contributed by atoms with Crippen LogP contribution in [-0.4, -0.2) is 35.6 Å². The molecule has 2 fully saturated rings. The molecule has 2 aliphatic rings. The summed E-state index contributed by atoms with van der Waals surface area (Å²) in [6.07, 6.45) is 7.72. The maximum absolute atomic E-state index is 11.3. The number of hydrogen-bond acceptors (Lipinski definition) is 5. The minimum Gasteiger partial charge on any atom is -0.365 e. The second-order valence-electron chi connectivity index (χ2n) is 5.80. The van der Waals surface area contributed by atoms with Gasteiger partial charge in [0.25, 0.3) is 0 Å². The fourth-order valence-electron chi connectivity index (χ4n) is 3.52. The molecule has 2 unspecified atom stereocenters. The van der Waals surface area contributed by atoms with Crippen LogP contribution in [-0.2, 0) is 0 Å². The van der Waals surface area contributed by atoms with Crippen LogP contribution in [0.3, 0.4) is 0 Å². The molecule has 1 aromatic heterocycles. The highest BCUT2D eigenvalue weighted by Crippen LogP contribution is 2.37. The number of anilines is 1. The summed E-state index contributed by atoms with van der Waals surface area (Å²) in [4.78, 5) is 17.0. The lowest BCUT2D eigenvalue weighted by molar-refractivity contribution is -0.384. The van der Waals surface area contributed by atoms with Gasteiger partial charge >= 0.3 is 5.69 Å². The number of rotatable bonds is 3. The molecular formula is C14H19BrN4O2. The molecule has 0 radical (unpaired) electrons. The summed E-state index contributed by atoms with van der Waals surface area (Å²) in [5, 5.41) is 14.8. The van der Waals surface area contributed by atoms with Crippen LogP contribution in [0.15, 0.2) is 16.9 Å². The minimum absolute atomic E-state index is 0.0874. The molecule has 0 spiro atoms. The normalized spacial score (nSPS) is 26.0. The minimum atomic E-state index is -0.343. The SMILES string of the molecule is O=[N+]([O-])c1cncc(Br)c1N1CCCC(C2CCCN2)C1. The summed E-state index contributed by atoms with van der Waals surface area (Å²) in [5.41, 5.74) is 0.766. The Bertz CT molecular complexity index is 534. The zero-order valence-electron chi connectivity index (χ0n) is 11.8. The van der Waals surface area contributed by atoms with Gasteiger partial charge in [-0.3, -0.25) is 15.1 Å². The lowest BCUT2D eigenvalue weighted by atomic mass is 9.89. The van der Waals surface area contributed by atoms with Crippen molar-refractivity contribution in [3.8, 4) is 0 Å². The van der Waals surface area contributed by atoms with Crippen LogP contribution in [0.5, 0.6) is 0 Å². The maximum atomic E-state index is 11.3. The van der Waals surface area contributed by atoms with E-state index in [1.54, 1.807) is 6.20 Å². The topological polar surface area (TPSA) is 71.3 Å². The third-order valence-corrected chi connectivity index (χ3v) is 5.07. The molecule has 114 valence electrons. The van der Waals surface area contributed by atoms with Crippen molar-refractivity contribution in [3.05, 3.63) is 27.0 Å². The standard InChI is InChI=1S/C14H19BrN4O2/c15-11-7-16-8-13(19(20)21)14(11)18-6-2-3-10(9-18)12-4-1-5-17-12/h7-8,10,12,17H,1-6,9H2. The van der Waals surface area contributed by atoms with Gasteiger partial charge in [0, 0.05) is 25.3 Å². The predicted octanol–water partition coefficient (Wildman–Crippen LogP) is 2.72. The molecule has 1 aromatic rings. The van der Waals surface area contributed by atoms with Crippen LogP contribution in [0, 0.1) is 16.0 Å². The fraction of sp³-hybridized carbons (Fsp3) is 0.643. The molecule has 6 nitrogen and oxygen atoms in total. The highest BCUT2D eigenvalue weighted by atomic mass is 79.9. The summed E-state index contributed by atoms with van der Waals surface area (Å²) >= 11 is 3.43. The second kappa shape index (κ2) is 6.27. The van der Waals surface area contributed by atoms with E-state index < -0.39 is 0 Å². The molecule has 21 heavy (non-hydrogen) atoms. The third-order valence-electron chi connectivity index (χ3n) is 4.49. The number of pyridine rings is 1. The lowest BCUT2D eigenvalue weighted by Gasteiger charge is -2.37. The highest BCUT2D eigenvalue weighted by molar-refractivity contribution is 9.10. The highest BCUT2D eigenvalue weighted by Gasteiger charge is 2.32. The number of halogens is 1. The zero-order valence-corrected chi connectivity index (χ0v) is 13.4. The van der Waals surface area contributed by atoms with E-state index in [-0.39, 0.29) is 10.6 Å². The van der Waals surface area contributed by atoms with Crippen LogP contribution in [0.4, 0.5) is 11.4 Å². The number of nitro groups is 1. The fourth-order valence-corrected chi connectivity index (χ4v) is 4.09. The monoisotopic (exact) mass is 354 g/mol. The van der Waals surface area contributed by atoms with Crippen molar-refractivity contribution in [1.29, 1.82) is 0 Å². The molecule has 0 aromatic carbocycles. The first kappa shape index (κ1) is 14.7. The van der Waals surface area contributed by atoms with Crippen molar-refractivity contribution in [2.45, 2.75) is 31.7 Å². The first-order valence-electron chi connectivity index (χ1n) is 7.43. The second-order valence-corrected chi connectivity index (χ2v) is 6.65. The summed E-state index contributed by atoms with van der Waals surface area (Å²) in [7, 11) is 0. The van der Waals surface area contributed by atoms with Crippen LogP contribution >= 0.6 is 15.9 Å². The Labute approximate surface area is 132 Å². The average molecular weight is 355 g/mol. The van der Waals surface area contributed by atoms with Crippen molar-refractivity contribution in [2.24, 2.45) is 5.92 Å². The van der Waals surface area contributed by atoms with Gasteiger partial charge < -0.3 is 10.2 Å². The Morgan fingerprint density at radius 2 is 2.24 bits per heavy atom. The quantitative estimate of drug-likeness (QED) is 0.667. The van der Waals surface area contributed by atoms with E-state index in [2.05, 4.69) is 31.1 Å². The van der Waals surface area contributed by atoms with Gasteiger partial charge in [-0.05, 0) is 54.1 Å². The molecule has 0 amide bonds. The number of nitrogens with zero attached hydrogens (tertiary/aromatic N) is 3. The van der Waals surface area contributed by atoms with Crippen LogP contribution < -0.4 is 10.2 Å². The van der Waals surface area contributed by atoms with Gasteiger partial charge in [0.15, 0.2) is 0 Å². The van der Waals surface area contributed by atoms with Crippen molar-refractivity contribution in [1.82, 2.24) is 10.3 Å². The van der Waals surface area contributed by atoms with E-state index >= 15 is 0 Å². The van der Waals surface area contributed by atoms with Gasteiger partial charge in [0.1, 0.15) is 11.9 Å². The van der Waals surface area contributed by atoms with E-state index in [0.29, 0.717) is 22.1 Å². The lowest BCUT2D eigenvalue weighted by Crippen LogP contribution is -2.43. The summed E-state index contributed by atoms with van der Waals surface area (Å²) < 4.78 is 0.705. The van der Waals surface area contributed by atoms with Crippen LogP contribution in [0.25, 0.3) is 0 Å². The number of aromatic nitrogens is 1. The Balaban J connectivity index is 1.84. The summed E-state index contributed by atoms with van der Waals surface area (Å²) in [5.74, 6) is 0.570. The first-order chi connectivity index (χ1) is 10.2. The molecule has 0 bridgehead atoms. The van der Waals surface area contributed by atoms with E-state index in [0.717, 1.165) is 26.1 Å². The average Bonchev–Trinajstić information content (AvgIpc) is 3.01. The number of piperidine rings is 1.